The SMILES string of the molecule is CN(C(=O)COC(=O)c1ccc(C=O)cc1)C1(C#N)CCCCC1. The van der Waals surface area contributed by atoms with E-state index in [1.807, 2.05) is 0 Å². The summed E-state index contributed by atoms with van der Waals surface area (Å²) in [5.74, 6) is -1.03. The number of carbonyl (C=O) groups is 3. The Bertz CT molecular complexity index is 655. The van der Waals surface area contributed by atoms with Gasteiger partial charge in [0.15, 0.2) is 6.61 Å². The number of aldehydes is 1. The molecule has 1 amide bonds. The fraction of sp³-hybridized carbons (Fsp3) is 0.444. The van der Waals surface area contributed by atoms with E-state index in [9.17, 15) is 19.6 Å². The molecule has 1 aromatic carbocycles. The summed E-state index contributed by atoms with van der Waals surface area (Å²) in [6.07, 6.45) is 4.86. The second-order valence-corrected chi connectivity index (χ2v) is 5.97. The molecule has 1 aliphatic carbocycles. The maximum Gasteiger partial charge on any atom is 0.338 e. The monoisotopic (exact) mass is 328 g/mol. The molecule has 24 heavy (non-hydrogen) atoms. The van der Waals surface area contributed by atoms with Crippen molar-refractivity contribution in [2.24, 2.45) is 0 Å². The smallest absolute Gasteiger partial charge is 0.338 e. The number of nitriles is 1. The minimum atomic E-state index is -0.798. The Morgan fingerprint density at radius 1 is 1.25 bits per heavy atom. The van der Waals surface area contributed by atoms with Gasteiger partial charge in [0.05, 0.1) is 11.6 Å². The Labute approximate surface area is 141 Å². The van der Waals surface area contributed by atoms with E-state index < -0.39 is 24.0 Å². The highest BCUT2D eigenvalue weighted by molar-refractivity contribution is 5.92. The van der Waals surface area contributed by atoms with Crippen molar-refractivity contribution in [1.82, 2.24) is 4.90 Å². The van der Waals surface area contributed by atoms with Gasteiger partial charge in [0.2, 0.25) is 0 Å². The van der Waals surface area contributed by atoms with Gasteiger partial charge in [0.25, 0.3) is 5.91 Å². The van der Waals surface area contributed by atoms with Crippen LogP contribution in [0.5, 0.6) is 0 Å². The zero-order valence-electron chi connectivity index (χ0n) is 13.7. The molecule has 1 aromatic rings. The van der Waals surface area contributed by atoms with Crippen LogP contribution in [0.1, 0.15) is 52.8 Å². The number of likely N-dealkylation sites (N-methyl/N-ethyl adjacent to an activating group) is 1. The van der Waals surface area contributed by atoms with Crippen molar-refractivity contribution in [3.8, 4) is 6.07 Å². The van der Waals surface area contributed by atoms with Gasteiger partial charge in [-0.25, -0.2) is 4.79 Å². The fourth-order valence-electron chi connectivity index (χ4n) is 2.90. The van der Waals surface area contributed by atoms with Gasteiger partial charge in [0.1, 0.15) is 11.8 Å². The van der Waals surface area contributed by atoms with E-state index in [0.717, 1.165) is 19.3 Å². The number of carbonyl (C=O) groups excluding carboxylic acids is 3. The fourth-order valence-corrected chi connectivity index (χ4v) is 2.90. The van der Waals surface area contributed by atoms with Gasteiger partial charge < -0.3 is 9.64 Å². The molecule has 0 bridgehead atoms. The summed E-state index contributed by atoms with van der Waals surface area (Å²) in [4.78, 5) is 36.3. The van der Waals surface area contributed by atoms with Crippen molar-refractivity contribution in [2.75, 3.05) is 13.7 Å². The van der Waals surface area contributed by atoms with Crippen LogP contribution in [0.2, 0.25) is 0 Å². The molecule has 0 saturated heterocycles. The van der Waals surface area contributed by atoms with E-state index in [1.165, 1.54) is 29.2 Å². The van der Waals surface area contributed by atoms with Crippen molar-refractivity contribution in [2.45, 2.75) is 37.6 Å². The van der Waals surface area contributed by atoms with Crippen LogP contribution in [-0.2, 0) is 9.53 Å². The molecule has 0 N–H and O–H groups in total. The number of ether oxygens (including phenoxy) is 1. The predicted molar refractivity (Wildman–Crippen MR) is 86.3 cm³/mol. The Morgan fingerprint density at radius 2 is 1.88 bits per heavy atom. The second-order valence-electron chi connectivity index (χ2n) is 5.97. The van der Waals surface area contributed by atoms with Crippen LogP contribution in [0, 0.1) is 11.3 Å². The summed E-state index contributed by atoms with van der Waals surface area (Å²) in [6.45, 7) is -0.409. The van der Waals surface area contributed by atoms with E-state index in [0.29, 0.717) is 24.7 Å². The third kappa shape index (κ3) is 3.80. The molecule has 0 spiro atoms. The van der Waals surface area contributed by atoms with Crippen molar-refractivity contribution in [3.05, 3.63) is 35.4 Å². The Hall–Kier alpha value is -2.68. The lowest BCUT2D eigenvalue weighted by Gasteiger charge is -2.38. The van der Waals surface area contributed by atoms with E-state index >= 15 is 0 Å². The normalized spacial score (nSPS) is 15.8. The lowest BCUT2D eigenvalue weighted by atomic mass is 9.81. The molecule has 1 saturated carbocycles. The van der Waals surface area contributed by atoms with Crippen molar-refractivity contribution in [3.63, 3.8) is 0 Å². The zero-order chi connectivity index (χ0) is 17.6. The molecule has 0 radical (unpaired) electrons. The van der Waals surface area contributed by atoms with E-state index in [2.05, 4.69) is 6.07 Å². The summed E-state index contributed by atoms with van der Waals surface area (Å²) >= 11 is 0. The Kier molecular flexibility index (Phi) is 5.69. The van der Waals surface area contributed by atoms with Gasteiger partial charge >= 0.3 is 5.97 Å². The molecular formula is C18H20N2O4. The van der Waals surface area contributed by atoms with Crippen LogP contribution in [-0.4, -0.2) is 42.3 Å². The number of hydrogen-bond donors (Lipinski definition) is 0. The molecule has 0 aliphatic heterocycles. The summed E-state index contributed by atoms with van der Waals surface area (Å²) in [7, 11) is 1.59. The molecule has 0 aromatic heterocycles. The van der Waals surface area contributed by atoms with Gasteiger partial charge in [0, 0.05) is 12.6 Å². The topological polar surface area (TPSA) is 87.5 Å². The second kappa shape index (κ2) is 7.73. The maximum absolute atomic E-state index is 12.3. The average molecular weight is 328 g/mol. The molecule has 0 atom stereocenters. The lowest BCUT2D eigenvalue weighted by molar-refractivity contribution is -0.138. The van der Waals surface area contributed by atoms with Gasteiger partial charge in [-0.2, -0.15) is 5.26 Å². The highest BCUT2D eigenvalue weighted by atomic mass is 16.5. The molecule has 6 heteroatoms. The van der Waals surface area contributed by atoms with Gasteiger partial charge in [-0.05, 0) is 25.0 Å². The maximum atomic E-state index is 12.3. The van der Waals surface area contributed by atoms with Crippen molar-refractivity contribution < 1.29 is 19.1 Å². The third-order valence-electron chi connectivity index (χ3n) is 4.51. The van der Waals surface area contributed by atoms with Crippen LogP contribution >= 0.6 is 0 Å². The van der Waals surface area contributed by atoms with Gasteiger partial charge in [-0.3, -0.25) is 9.59 Å². The molecule has 126 valence electrons. The summed E-state index contributed by atoms with van der Waals surface area (Å²) in [6, 6.07) is 8.21. The van der Waals surface area contributed by atoms with Gasteiger partial charge in [-0.1, -0.05) is 31.4 Å². The lowest BCUT2D eigenvalue weighted by Crippen LogP contribution is -2.51. The molecule has 1 fully saturated rings. The number of hydrogen-bond acceptors (Lipinski definition) is 5. The summed E-state index contributed by atoms with van der Waals surface area (Å²) < 4.78 is 5.04. The quantitative estimate of drug-likeness (QED) is 0.611. The third-order valence-corrected chi connectivity index (χ3v) is 4.51. The Balaban J connectivity index is 1.95. The highest BCUT2D eigenvalue weighted by Crippen LogP contribution is 2.32. The number of esters is 1. The van der Waals surface area contributed by atoms with E-state index in [4.69, 9.17) is 4.74 Å². The van der Waals surface area contributed by atoms with Crippen LogP contribution in [0.15, 0.2) is 24.3 Å². The predicted octanol–water partition coefficient (Wildman–Crippen LogP) is 2.34. The molecule has 1 aliphatic rings. The summed E-state index contributed by atoms with van der Waals surface area (Å²) in [5.41, 5.74) is -0.0767. The van der Waals surface area contributed by atoms with Crippen LogP contribution in [0.4, 0.5) is 0 Å². The van der Waals surface area contributed by atoms with Crippen LogP contribution in [0.25, 0.3) is 0 Å². The molecule has 2 rings (SSSR count). The van der Waals surface area contributed by atoms with E-state index in [1.54, 1.807) is 7.05 Å². The average Bonchev–Trinajstić information content (AvgIpc) is 2.65. The zero-order valence-corrected chi connectivity index (χ0v) is 13.7. The largest absolute Gasteiger partial charge is 0.452 e. The molecule has 0 unspecified atom stereocenters. The first-order valence-electron chi connectivity index (χ1n) is 7.93. The Morgan fingerprint density at radius 3 is 2.42 bits per heavy atom. The number of nitrogens with zero attached hydrogens (tertiary/aromatic N) is 2. The van der Waals surface area contributed by atoms with Gasteiger partial charge in [-0.15, -0.1) is 0 Å². The number of rotatable bonds is 5. The number of benzene rings is 1. The number of amides is 1. The minimum absolute atomic E-state index is 0.267. The highest BCUT2D eigenvalue weighted by Gasteiger charge is 2.38. The van der Waals surface area contributed by atoms with Crippen molar-refractivity contribution >= 4 is 18.2 Å². The van der Waals surface area contributed by atoms with E-state index in [-0.39, 0.29) is 5.56 Å². The van der Waals surface area contributed by atoms with Crippen LogP contribution < -0.4 is 0 Å². The standard InChI is InChI=1S/C18H20N2O4/c1-20(18(13-19)9-3-2-4-10-18)16(22)12-24-17(23)15-7-5-14(11-21)6-8-15/h5-8,11H,2-4,9-10,12H2,1H3. The minimum Gasteiger partial charge on any atom is -0.452 e. The first-order valence-corrected chi connectivity index (χ1v) is 7.93. The molecular weight excluding hydrogens is 308 g/mol. The first-order chi connectivity index (χ1) is 11.5. The van der Waals surface area contributed by atoms with Crippen LogP contribution in [0.3, 0.4) is 0 Å². The molecule has 0 heterocycles. The molecule has 6 nitrogen and oxygen atoms in total. The first kappa shape index (κ1) is 17.7. The van der Waals surface area contributed by atoms with Crippen molar-refractivity contribution in [1.29, 1.82) is 5.26 Å². The summed E-state index contributed by atoms with van der Waals surface area (Å²) in [5, 5.41) is 9.49.